The van der Waals surface area contributed by atoms with E-state index in [1.54, 1.807) is 12.1 Å². The van der Waals surface area contributed by atoms with E-state index in [2.05, 4.69) is 5.32 Å². The average Bonchev–Trinajstić information content (AvgIpc) is 2.41. The number of carbonyl (C=O) groups is 2. The molecule has 0 unspecified atom stereocenters. The number of benzene rings is 1. The van der Waals surface area contributed by atoms with Gasteiger partial charge in [0.2, 0.25) is 0 Å². The van der Waals surface area contributed by atoms with Crippen LogP contribution in [-0.2, 0) is 20.0 Å². The van der Waals surface area contributed by atoms with Crippen molar-refractivity contribution in [2.45, 2.75) is 38.6 Å². The van der Waals surface area contributed by atoms with E-state index in [0.717, 1.165) is 11.8 Å². The number of amides is 1. The Balaban J connectivity index is 2.81. The standard InChI is InChI=1S/C16H23NO5S/c1-16(2,3)12-7-5-11(6-8-12)14(18)17-13(15(19)20)9-10-23(4,21)22/h5-8,13H,9-10H2,1-4H3,(H,17,18)(H,19,20)/t13-/m0/s1. The number of sulfone groups is 1. The lowest BCUT2D eigenvalue weighted by Crippen LogP contribution is -2.41. The molecule has 1 aromatic rings. The van der Waals surface area contributed by atoms with E-state index in [9.17, 15) is 18.0 Å². The molecule has 1 atom stereocenters. The van der Waals surface area contributed by atoms with Crippen molar-refractivity contribution in [2.75, 3.05) is 12.0 Å². The minimum Gasteiger partial charge on any atom is -0.480 e. The Bertz CT molecular complexity index is 671. The zero-order valence-electron chi connectivity index (χ0n) is 13.8. The van der Waals surface area contributed by atoms with Crippen LogP contribution < -0.4 is 5.32 Å². The summed E-state index contributed by atoms with van der Waals surface area (Å²) in [4.78, 5) is 23.3. The molecule has 0 radical (unpaired) electrons. The molecule has 0 fully saturated rings. The summed E-state index contributed by atoms with van der Waals surface area (Å²) in [5, 5.41) is 11.5. The Morgan fingerprint density at radius 1 is 1.17 bits per heavy atom. The molecule has 7 heteroatoms. The first-order valence-corrected chi connectivity index (χ1v) is 9.28. The molecular formula is C16H23NO5S. The fraction of sp³-hybridized carbons (Fsp3) is 0.500. The normalized spacial score (nSPS) is 13.4. The summed E-state index contributed by atoms with van der Waals surface area (Å²) < 4.78 is 22.3. The van der Waals surface area contributed by atoms with E-state index in [1.807, 2.05) is 32.9 Å². The van der Waals surface area contributed by atoms with Gasteiger partial charge in [-0.05, 0) is 29.5 Å². The number of carbonyl (C=O) groups excluding carboxylic acids is 1. The van der Waals surface area contributed by atoms with Gasteiger partial charge in [0, 0.05) is 11.8 Å². The highest BCUT2D eigenvalue weighted by Gasteiger charge is 2.22. The molecule has 0 aliphatic carbocycles. The van der Waals surface area contributed by atoms with E-state index < -0.39 is 27.8 Å². The zero-order chi connectivity index (χ0) is 17.8. The second kappa shape index (κ2) is 7.12. The van der Waals surface area contributed by atoms with Crippen molar-refractivity contribution < 1.29 is 23.1 Å². The van der Waals surface area contributed by atoms with Crippen LogP contribution in [0, 0.1) is 0 Å². The van der Waals surface area contributed by atoms with Crippen LogP contribution in [0.25, 0.3) is 0 Å². The molecule has 1 aromatic carbocycles. The van der Waals surface area contributed by atoms with Gasteiger partial charge in [0.25, 0.3) is 5.91 Å². The monoisotopic (exact) mass is 341 g/mol. The predicted molar refractivity (Wildman–Crippen MR) is 88.4 cm³/mol. The predicted octanol–water partition coefficient (Wildman–Crippen LogP) is 1.60. The van der Waals surface area contributed by atoms with Gasteiger partial charge in [0.1, 0.15) is 15.9 Å². The van der Waals surface area contributed by atoms with Crippen LogP contribution >= 0.6 is 0 Å². The van der Waals surface area contributed by atoms with E-state index in [4.69, 9.17) is 5.11 Å². The van der Waals surface area contributed by atoms with Gasteiger partial charge in [-0.3, -0.25) is 4.79 Å². The molecule has 0 bridgehead atoms. The molecule has 0 aliphatic heterocycles. The molecule has 1 amide bonds. The second-order valence-corrected chi connectivity index (χ2v) is 8.87. The van der Waals surface area contributed by atoms with Gasteiger partial charge in [-0.15, -0.1) is 0 Å². The molecule has 0 aliphatic rings. The van der Waals surface area contributed by atoms with Crippen molar-refractivity contribution in [3.8, 4) is 0 Å². The molecule has 0 saturated heterocycles. The summed E-state index contributed by atoms with van der Waals surface area (Å²) in [7, 11) is -3.29. The van der Waals surface area contributed by atoms with Gasteiger partial charge < -0.3 is 10.4 Å². The Hall–Kier alpha value is -1.89. The smallest absolute Gasteiger partial charge is 0.326 e. The first kappa shape index (κ1) is 19.2. The summed E-state index contributed by atoms with van der Waals surface area (Å²) in [6.07, 6.45) is 0.860. The second-order valence-electron chi connectivity index (χ2n) is 6.61. The van der Waals surface area contributed by atoms with Gasteiger partial charge in [0.15, 0.2) is 0 Å². The highest BCUT2D eigenvalue weighted by Crippen LogP contribution is 2.22. The summed E-state index contributed by atoms with van der Waals surface area (Å²) >= 11 is 0. The third-order valence-electron chi connectivity index (χ3n) is 3.39. The molecule has 23 heavy (non-hydrogen) atoms. The van der Waals surface area contributed by atoms with Crippen LogP contribution in [0.15, 0.2) is 24.3 Å². The Morgan fingerprint density at radius 3 is 2.09 bits per heavy atom. The van der Waals surface area contributed by atoms with Gasteiger partial charge in [0.05, 0.1) is 5.75 Å². The summed E-state index contributed by atoms with van der Waals surface area (Å²) in [5.74, 6) is -2.09. The lowest BCUT2D eigenvalue weighted by atomic mass is 9.86. The van der Waals surface area contributed by atoms with Gasteiger partial charge in [-0.25, -0.2) is 13.2 Å². The van der Waals surface area contributed by atoms with E-state index in [-0.39, 0.29) is 17.6 Å². The number of hydrogen-bond acceptors (Lipinski definition) is 4. The Kier molecular flexibility index (Phi) is 5.93. The van der Waals surface area contributed by atoms with Crippen molar-refractivity contribution >= 4 is 21.7 Å². The Labute approximate surface area is 136 Å². The lowest BCUT2D eigenvalue weighted by Gasteiger charge is -2.19. The van der Waals surface area contributed by atoms with E-state index in [0.29, 0.717) is 5.56 Å². The van der Waals surface area contributed by atoms with Crippen LogP contribution in [0.5, 0.6) is 0 Å². The number of carboxylic acids is 1. The van der Waals surface area contributed by atoms with Crippen molar-refractivity contribution in [3.63, 3.8) is 0 Å². The maximum absolute atomic E-state index is 12.1. The molecule has 1 rings (SSSR count). The van der Waals surface area contributed by atoms with Crippen molar-refractivity contribution in [3.05, 3.63) is 35.4 Å². The van der Waals surface area contributed by atoms with Gasteiger partial charge in [-0.2, -0.15) is 0 Å². The summed E-state index contributed by atoms with van der Waals surface area (Å²) in [6.45, 7) is 6.15. The maximum Gasteiger partial charge on any atom is 0.326 e. The summed E-state index contributed by atoms with van der Waals surface area (Å²) in [5.41, 5.74) is 1.35. The first-order valence-electron chi connectivity index (χ1n) is 7.22. The zero-order valence-corrected chi connectivity index (χ0v) is 14.6. The fourth-order valence-corrected chi connectivity index (χ4v) is 2.62. The highest BCUT2D eigenvalue weighted by atomic mass is 32.2. The molecule has 0 heterocycles. The first-order chi connectivity index (χ1) is 10.4. The van der Waals surface area contributed by atoms with Gasteiger partial charge in [-0.1, -0.05) is 32.9 Å². The Morgan fingerprint density at radius 2 is 1.70 bits per heavy atom. The average molecular weight is 341 g/mol. The minimum atomic E-state index is -3.29. The van der Waals surface area contributed by atoms with Crippen LogP contribution in [-0.4, -0.2) is 43.5 Å². The minimum absolute atomic E-state index is 0.0475. The van der Waals surface area contributed by atoms with Crippen LogP contribution in [0.2, 0.25) is 0 Å². The third kappa shape index (κ3) is 6.40. The fourth-order valence-electron chi connectivity index (χ4n) is 1.95. The van der Waals surface area contributed by atoms with Crippen molar-refractivity contribution in [1.82, 2.24) is 5.32 Å². The van der Waals surface area contributed by atoms with Gasteiger partial charge >= 0.3 is 5.97 Å². The van der Waals surface area contributed by atoms with Crippen LogP contribution in [0.3, 0.4) is 0 Å². The SMILES string of the molecule is CC(C)(C)c1ccc(C(=O)N[C@@H](CCS(C)(=O)=O)C(=O)O)cc1. The molecule has 6 nitrogen and oxygen atoms in total. The van der Waals surface area contributed by atoms with E-state index >= 15 is 0 Å². The molecule has 0 aromatic heterocycles. The molecule has 2 N–H and O–H groups in total. The molecule has 0 saturated carbocycles. The lowest BCUT2D eigenvalue weighted by molar-refractivity contribution is -0.139. The third-order valence-corrected chi connectivity index (χ3v) is 4.37. The quantitative estimate of drug-likeness (QED) is 0.818. The number of carboxylic acid groups (broad SMARTS) is 1. The molecule has 0 spiro atoms. The van der Waals surface area contributed by atoms with Crippen molar-refractivity contribution in [1.29, 1.82) is 0 Å². The highest BCUT2D eigenvalue weighted by molar-refractivity contribution is 7.90. The summed E-state index contributed by atoms with van der Waals surface area (Å²) in [6, 6.07) is 5.67. The largest absolute Gasteiger partial charge is 0.480 e. The van der Waals surface area contributed by atoms with E-state index in [1.165, 1.54) is 0 Å². The number of rotatable bonds is 6. The van der Waals surface area contributed by atoms with Crippen LogP contribution in [0.4, 0.5) is 0 Å². The maximum atomic E-state index is 12.1. The number of hydrogen-bond donors (Lipinski definition) is 2. The number of nitrogens with one attached hydrogen (secondary N) is 1. The number of aliphatic carboxylic acids is 1. The molecule has 128 valence electrons. The van der Waals surface area contributed by atoms with Crippen LogP contribution in [0.1, 0.15) is 43.1 Å². The molecular weight excluding hydrogens is 318 g/mol. The topological polar surface area (TPSA) is 101 Å². The van der Waals surface area contributed by atoms with Crippen molar-refractivity contribution in [2.24, 2.45) is 0 Å².